The maximum absolute atomic E-state index is 13.2. The molecule has 0 nitrogen and oxygen atoms in total. The van der Waals surface area contributed by atoms with Crippen molar-refractivity contribution in [3.8, 4) is 0 Å². The molecule has 6 heteroatoms. The van der Waals surface area contributed by atoms with Gasteiger partial charge in [-0.3, -0.25) is 0 Å². The predicted octanol–water partition coefficient (Wildman–Crippen LogP) is 5.29. The molecule has 0 aliphatic carbocycles. The summed E-state index contributed by atoms with van der Waals surface area (Å²) in [6, 6.07) is 2.88. The van der Waals surface area contributed by atoms with Gasteiger partial charge in [-0.15, -0.1) is 0 Å². The van der Waals surface area contributed by atoms with Gasteiger partial charge in [0.15, 0.2) is 0 Å². The van der Waals surface area contributed by atoms with Crippen LogP contribution in [0, 0.1) is 13.8 Å². The first-order valence-electron chi connectivity index (χ1n) is 4.74. The molecule has 0 N–H and O–H groups in total. The van der Waals surface area contributed by atoms with Crippen molar-refractivity contribution in [1.82, 2.24) is 0 Å². The minimum atomic E-state index is -4.16. The summed E-state index contributed by atoms with van der Waals surface area (Å²) in [7, 11) is 0. The van der Waals surface area contributed by atoms with Crippen LogP contribution in [0.15, 0.2) is 12.1 Å². The van der Waals surface area contributed by atoms with Gasteiger partial charge >= 0.3 is 12.3 Å². The maximum Gasteiger partial charge on any atom is 0.323 e. The van der Waals surface area contributed by atoms with E-state index < -0.39 is 17.2 Å². The van der Waals surface area contributed by atoms with E-state index in [1.165, 1.54) is 12.1 Å². The van der Waals surface area contributed by atoms with Gasteiger partial charge in [-0.25, -0.2) is 8.78 Å². The van der Waals surface area contributed by atoms with Crippen molar-refractivity contribution >= 4 is 27.5 Å². The zero-order chi connectivity index (χ0) is 13.4. The number of hydrogen-bond acceptors (Lipinski definition) is 0. The molecule has 0 aromatic heterocycles. The second-order valence-corrected chi connectivity index (χ2v) is 5.12. The van der Waals surface area contributed by atoms with Gasteiger partial charge in [0.1, 0.15) is 4.83 Å². The van der Waals surface area contributed by atoms with Gasteiger partial charge in [-0.05, 0) is 36.6 Å². The Morgan fingerprint density at radius 2 is 1.65 bits per heavy atom. The smallest absolute Gasteiger partial charge is 0.204 e. The number of halogens is 6. The molecule has 0 radical (unpaired) electrons. The average molecular weight is 334 g/mol. The van der Waals surface area contributed by atoms with E-state index >= 15 is 0 Å². The van der Waals surface area contributed by atoms with E-state index in [4.69, 9.17) is 11.6 Å². The van der Waals surface area contributed by atoms with Crippen LogP contribution in [0.1, 0.15) is 21.5 Å². The van der Waals surface area contributed by atoms with Crippen molar-refractivity contribution in [2.24, 2.45) is 0 Å². The van der Waals surface area contributed by atoms with Gasteiger partial charge < -0.3 is 0 Å². The largest absolute Gasteiger partial charge is 0.323 e. The third-order valence-corrected chi connectivity index (χ3v) is 3.95. The lowest BCUT2D eigenvalue weighted by molar-refractivity contribution is -0.127. The van der Waals surface area contributed by atoms with Crippen LogP contribution in [0.4, 0.5) is 17.6 Å². The Hall–Kier alpha value is -0.290. The van der Waals surface area contributed by atoms with E-state index in [9.17, 15) is 17.6 Å². The Balaban J connectivity index is 3.21. The molecule has 0 fully saturated rings. The van der Waals surface area contributed by atoms with E-state index in [0.29, 0.717) is 0 Å². The van der Waals surface area contributed by atoms with Crippen LogP contribution in [0.5, 0.6) is 0 Å². The van der Waals surface area contributed by atoms with Crippen LogP contribution in [-0.2, 0) is 0 Å². The predicted molar refractivity (Wildman–Crippen MR) is 63.5 cm³/mol. The first kappa shape index (κ1) is 14.8. The van der Waals surface area contributed by atoms with Crippen molar-refractivity contribution in [3.05, 3.63) is 33.8 Å². The van der Waals surface area contributed by atoms with E-state index in [1.54, 1.807) is 13.8 Å². The lowest BCUT2D eigenvalue weighted by atomic mass is 10.0. The molecule has 1 unspecified atom stereocenters. The molecular formula is C11H10BrClF4. The van der Waals surface area contributed by atoms with Crippen molar-refractivity contribution in [1.29, 1.82) is 0 Å². The molecule has 0 bridgehead atoms. The highest BCUT2D eigenvalue weighted by molar-refractivity contribution is 9.09. The van der Waals surface area contributed by atoms with Crippen LogP contribution in [0.25, 0.3) is 0 Å². The summed E-state index contributed by atoms with van der Waals surface area (Å²) < 4.78 is 50.8. The minimum absolute atomic E-state index is 0.0277. The standard InChI is InChI=1S/C11H10BrClF4/c1-5-3-7(8(13)4-6(5)2)9(12)11(16,17)10(14)15/h3-4,9-10H,1-2H3. The molecule has 0 spiro atoms. The Labute approximate surface area is 110 Å². The fraction of sp³-hybridized carbons (Fsp3) is 0.455. The van der Waals surface area contributed by atoms with Crippen LogP contribution >= 0.6 is 27.5 Å². The normalized spacial score (nSPS) is 14.2. The van der Waals surface area contributed by atoms with Gasteiger partial charge in [0, 0.05) is 5.02 Å². The summed E-state index contributed by atoms with van der Waals surface area (Å²) in [5.74, 6) is -4.16. The van der Waals surface area contributed by atoms with Crippen molar-refractivity contribution in [2.45, 2.75) is 31.0 Å². The van der Waals surface area contributed by atoms with Crippen LogP contribution in [-0.4, -0.2) is 12.3 Å². The van der Waals surface area contributed by atoms with Gasteiger partial charge in [-0.2, -0.15) is 8.78 Å². The second kappa shape index (κ2) is 5.14. The Bertz CT molecular complexity index is 420. The second-order valence-electron chi connectivity index (χ2n) is 3.80. The van der Waals surface area contributed by atoms with Gasteiger partial charge in [-0.1, -0.05) is 33.6 Å². The summed E-state index contributed by atoms with van der Waals surface area (Å²) in [5.41, 5.74) is 1.51. The highest BCUT2D eigenvalue weighted by atomic mass is 79.9. The fourth-order valence-corrected chi connectivity index (χ4v) is 2.35. The zero-order valence-corrected chi connectivity index (χ0v) is 11.4. The quantitative estimate of drug-likeness (QED) is 0.520. The third-order valence-electron chi connectivity index (χ3n) is 2.51. The monoisotopic (exact) mass is 332 g/mol. The first-order chi connectivity index (χ1) is 7.67. The van der Waals surface area contributed by atoms with Crippen molar-refractivity contribution in [3.63, 3.8) is 0 Å². The molecule has 0 saturated carbocycles. The molecule has 0 aliphatic rings. The van der Waals surface area contributed by atoms with Crippen LogP contribution in [0.3, 0.4) is 0 Å². The maximum atomic E-state index is 13.2. The van der Waals surface area contributed by atoms with Crippen molar-refractivity contribution in [2.75, 3.05) is 0 Å². The Morgan fingerprint density at radius 3 is 2.12 bits per heavy atom. The summed E-state index contributed by atoms with van der Waals surface area (Å²) in [5, 5.41) is 0.0512. The number of rotatable bonds is 3. The van der Waals surface area contributed by atoms with Crippen LogP contribution in [0.2, 0.25) is 5.02 Å². The van der Waals surface area contributed by atoms with E-state index in [0.717, 1.165) is 11.1 Å². The van der Waals surface area contributed by atoms with Crippen LogP contribution < -0.4 is 0 Å². The lowest BCUT2D eigenvalue weighted by Crippen LogP contribution is -2.31. The van der Waals surface area contributed by atoms with E-state index in [-0.39, 0.29) is 10.6 Å². The lowest BCUT2D eigenvalue weighted by Gasteiger charge is -2.23. The molecule has 1 rings (SSSR count). The third kappa shape index (κ3) is 2.94. The summed E-state index contributed by atoms with van der Waals surface area (Å²) >= 11 is 8.40. The number of benzene rings is 1. The molecule has 17 heavy (non-hydrogen) atoms. The topological polar surface area (TPSA) is 0 Å². The summed E-state index contributed by atoms with van der Waals surface area (Å²) in [6.45, 7) is 3.47. The fourth-order valence-electron chi connectivity index (χ4n) is 1.32. The summed E-state index contributed by atoms with van der Waals surface area (Å²) in [4.78, 5) is -1.80. The highest BCUT2D eigenvalue weighted by Crippen LogP contribution is 2.45. The zero-order valence-electron chi connectivity index (χ0n) is 9.08. The molecule has 1 aromatic rings. The van der Waals surface area contributed by atoms with Gasteiger partial charge in [0.25, 0.3) is 0 Å². The molecule has 0 amide bonds. The average Bonchev–Trinajstić information content (AvgIpc) is 2.22. The Kier molecular flexibility index (Phi) is 4.47. The number of aryl methyl sites for hydroxylation is 2. The first-order valence-corrected chi connectivity index (χ1v) is 6.04. The molecule has 1 aromatic carbocycles. The Morgan fingerprint density at radius 1 is 1.18 bits per heavy atom. The van der Waals surface area contributed by atoms with Gasteiger partial charge in [0.2, 0.25) is 0 Å². The van der Waals surface area contributed by atoms with E-state index in [1.807, 2.05) is 0 Å². The van der Waals surface area contributed by atoms with Gasteiger partial charge in [0.05, 0.1) is 0 Å². The molecule has 1 atom stereocenters. The molecular weight excluding hydrogens is 323 g/mol. The molecule has 96 valence electrons. The van der Waals surface area contributed by atoms with E-state index in [2.05, 4.69) is 15.9 Å². The van der Waals surface area contributed by atoms with Crippen molar-refractivity contribution < 1.29 is 17.6 Å². The summed E-state index contributed by atoms with van der Waals surface area (Å²) in [6.07, 6.45) is -3.75. The minimum Gasteiger partial charge on any atom is -0.204 e. The molecule has 0 heterocycles. The number of alkyl halides is 5. The molecule has 0 saturated heterocycles. The highest BCUT2D eigenvalue weighted by Gasteiger charge is 2.48. The molecule has 0 aliphatic heterocycles. The SMILES string of the molecule is Cc1cc(Cl)c(C(Br)C(F)(F)C(F)F)cc1C. The number of hydrogen-bond donors (Lipinski definition) is 0.